The lowest BCUT2D eigenvalue weighted by molar-refractivity contribution is 0.476. The summed E-state index contributed by atoms with van der Waals surface area (Å²) >= 11 is 15.2. The monoisotopic (exact) mass is 381 g/mol. The van der Waals surface area contributed by atoms with Gasteiger partial charge in [-0.05, 0) is 24.3 Å². The normalized spacial score (nSPS) is 9.89. The second-order valence-electron chi connectivity index (χ2n) is 3.63. The van der Waals surface area contributed by atoms with Crippen molar-refractivity contribution in [2.75, 3.05) is 0 Å². The quantitative estimate of drug-likeness (QED) is 0.767. The lowest BCUT2D eigenvalue weighted by Gasteiger charge is -2.11. The average molecular weight is 384 g/mol. The van der Waals surface area contributed by atoms with Crippen molar-refractivity contribution in [3.05, 3.63) is 56.5 Å². The van der Waals surface area contributed by atoms with Crippen LogP contribution in [-0.4, -0.2) is 0 Å². The standard InChI is InChI=1S/C13H10BrCl2NO.ClH/c14-9-2-1-8(7-17)13(5-9)18-10-3-4-11(15)12(16)6-10;/h1-6H,7,17H2;1H. The Morgan fingerprint density at radius 1 is 1.05 bits per heavy atom. The molecule has 0 saturated carbocycles. The molecule has 0 aliphatic rings. The van der Waals surface area contributed by atoms with Gasteiger partial charge in [0.1, 0.15) is 11.5 Å². The Morgan fingerprint density at radius 2 is 1.79 bits per heavy atom. The van der Waals surface area contributed by atoms with E-state index in [0.717, 1.165) is 10.0 Å². The van der Waals surface area contributed by atoms with E-state index in [2.05, 4.69) is 15.9 Å². The summed E-state index contributed by atoms with van der Waals surface area (Å²) in [6.45, 7) is 0.407. The van der Waals surface area contributed by atoms with Gasteiger partial charge in [0.15, 0.2) is 0 Å². The molecular weight excluding hydrogens is 372 g/mol. The molecule has 0 aromatic heterocycles. The van der Waals surface area contributed by atoms with Gasteiger partial charge in [0.2, 0.25) is 0 Å². The van der Waals surface area contributed by atoms with E-state index in [1.807, 2.05) is 18.2 Å². The van der Waals surface area contributed by atoms with Crippen molar-refractivity contribution < 1.29 is 4.74 Å². The van der Waals surface area contributed by atoms with E-state index in [1.165, 1.54) is 0 Å². The molecule has 19 heavy (non-hydrogen) atoms. The minimum absolute atomic E-state index is 0. The summed E-state index contributed by atoms with van der Waals surface area (Å²) in [5.41, 5.74) is 6.59. The van der Waals surface area contributed by atoms with Crippen molar-refractivity contribution in [1.82, 2.24) is 0 Å². The highest BCUT2D eigenvalue weighted by Gasteiger charge is 2.06. The predicted octanol–water partition coefficient (Wildman–Crippen LogP) is 5.43. The van der Waals surface area contributed by atoms with Gasteiger partial charge < -0.3 is 10.5 Å². The van der Waals surface area contributed by atoms with Gasteiger partial charge in [-0.1, -0.05) is 45.2 Å². The van der Waals surface area contributed by atoms with Crippen LogP contribution in [0.3, 0.4) is 0 Å². The molecule has 0 aliphatic heterocycles. The van der Waals surface area contributed by atoms with Crippen molar-refractivity contribution >= 4 is 51.5 Å². The molecule has 2 N–H and O–H groups in total. The maximum Gasteiger partial charge on any atom is 0.133 e. The Labute approximate surface area is 136 Å². The summed E-state index contributed by atoms with van der Waals surface area (Å²) in [5, 5.41) is 0.954. The third kappa shape index (κ3) is 4.26. The topological polar surface area (TPSA) is 35.2 Å². The molecule has 0 amide bonds. The average Bonchev–Trinajstić information content (AvgIpc) is 2.34. The van der Waals surface area contributed by atoms with E-state index >= 15 is 0 Å². The predicted molar refractivity (Wildman–Crippen MR) is 85.8 cm³/mol. The van der Waals surface area contributed by atoms with E-state index in [-0.39, 0.29) is 12.4 Å². The van der Waals surface area contributed by atoms with E-state index in [1.54, 1.807) is 18.2 Å². The first-order chi connectivity index (χ1) is 8.60. The van der Waals surface area contributed by atoms with E-state index in [0.29, 0.717) is 28.1 Å². The Bertz CT molecular complexity index is 578. The Balaban J connectivity index is 0.00000180. The minimum atomic E-state index is 0. The maximum absolute atomic E-state index is 5.94. The summed E-state index contributed by atoms with van der Waals surface area (Å²) in [6.07, 6.45) is 0. The van der Waals surface area contributed by atoms with Gasteiger partial charge in [0.25, 0.3) is 0 Å². The molecule has 0 aliphatic carbocycles. The van der Waals surface area contributed by atoms with Gasteiger partial charge in [-0.3, -0.25) is 0 Å². The number of hydrogen-bond donors (Lipinski definition) is 1. The third-order valence-corrected chi connectivity index (χ3v) is 3.60. The van der Waals surface area contributed by atoms with Crippen LogP contribution in [-0.2, 0) is 6.54 Å². The molecule has 0 fully saturated rings. The van der Waals surface area contributed by atoms with Crippen LogP contribution >= 0.6 is 51.5 Å². The van der Waals surface area contributed by atoms with Crippen molar-refractivity contribution in [2.45, 2.75) is 6.54 Å². The zero-order valence-corrected chi connectivity index (χ0v) is 13.6. The fourth-order valence-electron chi connectivity index (χ4n) is 1.46. The minimum Gasteiger partial charge on any atom is -0.457 e. The summed E-state index contributed by atoms with van der Waals surface area (Å²) in [7, 11) is 0. The number of ether oxygens (including phenoxy) is 1. The first-order valence-electron chi connectivity index (χ1n) is 5.21. The molecule has 0 bridgehead atoms. The zero-order valence-electron chi connectivity index (χ0n) is 9.70. The molecule has 0 unspecified atom stereocenters. The second kappa shape index (κ2) is 7.36. The molecule has 2 aromatic rings. The van der Waals surface area contributed by atoms with E-state index < -0.39 is 0 Å². The smallest absolute Gasteiger partial charge is 0.133 e. The largest absolute Gasteiger partial charge is 0.457 e. The molecular formula is C13H11BrCl3NO. The molecule has 0 saturated heterocycles. The summed E-state index contributed by atoms with van der Waals surface area (Å²) in [6, 6.07) is 10.8. The SMILES string of the molecule is Cl.NCc1ccc(Br)cc1Oc1ccc(Cl)c(Cl)c1. The molecule has 2 aromatic carbocycles. The molecule has 0 atom stereocenters. The van der Waals surface area contributed by atoms with E-state index in [4.69, 9.17) is 33.7 Å². The summed E-state index contributed by atoms with van der Waals surface area (Å²) < 4.78 is 6.69. The van der Waals surface area contributed by atoms with Crippen molar-refractivity contribution in [1.29, 1.82) is 0 Å². The molecule has 2 nitrogen and oxygen atoms in total. The first kappa shape index (κ1) is 16.6. The maximum atomic E-state index is 5.94. The Kier molecular flexibility index (Phi) is 6.43. The highest BCUT2D eigenvalue weighted by molar-refractivity contribution is 9.10. The molecule has 102 valence electrons. The van der Waals surface area contributed by atoms with Crippen LogP contribution in [0, 0.1) is 0 Å². The zero-order chi connectivity index (χ0) is 13.1. The van der Waals surface area contributed by atoms with Crippen LogP contribution in [0.25, 0.3) is 0 Å². The molecule has 0 heterocycles. The number of rotatable bonds is 3. The highest BCUT2D eigenvalue weighted by atomic mass is 79.9. The molecule has 2 rings (SSSR count). The van der Waals surface area contributed by atoms with Crippen molar-refractivity contribution in [2.24, 2.45) is 5.73 Å². The van der Waals surface area contributed by atoms with Crippen LogP contribution in [0.5, 0.6) is 11.5 Å². The highest BCUT2D eigenvalue weighted by Crippen LogP contribution is 2.32. The first-order valence-corrected chi connectivity index (χ1v) is 6.76. The Hall–Kier alpha value is -0.450. The van der Waals surface area contributed by atoms with Crippen LogP contribution in [0.4, 0.5) is 0 Å². The molecule has 0 radical (unpaired) electrons. The van der Waals surface area contributed by atoms with Crippen LogP contribution < -0.4 is 10.5 Å². The van der Waals surface area contributed by atoms with Crippen molar-refractivity contribution in [3.8, 4) is 11.5 Å². The van der Waals surface area contributed by atoms with Crippen LogP contribution in [0.1, 0.15) is 5.56 Å². The van der Waals surface area contributed by atoms with Gasteiger partial charge in [0.05, 0.1) is 10.0 Å². The third-order valence-electron chi connectivity index (χ3n) is 2.37. The van der Waals surface area contributed by atoms with Gasteiger partial charge in [-0.15, -0.1) is 12.4 Å². The van der Waals surface area contributed by atoms with Gasteiger partial charge >= 0.3 is 0 Å². The number of halogens is 4. The van der Waals surface area contributed by atoms with Crippen LogP contribution in [0.2, 0.25) is 10.0 Å². The lowest BCUT2D eigenvalue weighted by atomic mass is 10.2. The van der Waals surface area contributed by atoms with Gasteiger partial charge in [-0.25, -0.2) is 0 Å². The van der Waals surface area contributed by atoms with E-state index in [9.17, 15) is 0 Å². The van der Waals surface area contributed by atoms with Gasteiger partial charge in [-0.2, -0.15) is 0 Å². The number of nitrogens with two attached hydrogens (primary N) is 1. The molecule has 0 spiro atoms. The summed E-state index contributed by atoms with van der Waals surface area (Å²) in [5.74, 6) is 1.32. The lowest BCUT2D eigenvalue weighted by Crippen LogP contribution is -1.99. The molecule has 6 heteroatoms. The van der Waals surface area contributed by atoms with Crippen molar-refractivity contribution in [3.63, 3.8) is 0 Å². The summed E-state index contributed by atoms with van der Waals surface area (Å²) in [4.78, 5) is 0. The second-order valence-corrected chi connectivity index (χ2v) is 5.36. The number of hydrogen-bond acceptors (Lipinski definition) is 2. The Morgan fingerprint density at radius 3 is 2.42 bits per heavy atom. The fraction of sp³-hybridized carbons (Fsp3) is 0.0769. The van der Waals surface area contributed by atoms with Gasteiger partial charge in [0, 0.05) is 22.6 Å². The van der Waals surface area contributed by atoms with Crippen LogP contribution in [0.15, 0.2) is 40.9 Å². The number of benzene rings is 2. The fourth-order valence-corrected chi connectivity index (χ4v) is 2.09.